The fourth-order valence-electron chi connectivity index (χ4n) is 7.91. The minimum absolute atomic E-state index is 0.128. The minimum atomic E-state index is -4.81. The summed E-state index contributed by atoms with van der Waals surface area (Å²) in [4.78, 5) is 70.6. The number of halogens is 1. The first-order chi connectivity index (χ1) is 28.8. The largest absolute Gasteiger partial charge is 0.438 e. The maximum Gasteiger partial charge on any atom is 0.374 e. The molecule has 3 aliphatic heterocycles. The first-order valence-electron chi connectivity index (χ1n) is 20.6. The average Bonchev–Trinajstić information content (AvgIpc) is 3.97. The van der Waals surface area contributed by atoms with Crippen LogP contribution < -0.4 is 5.32 Å². The van der Waals surface area contributed by atoms with E-state index in [9.17, 15) is 33.8 Å². The number of hydrogen-bond acceptors (Lipinski definition) is 12. The van der Waals surface area contributed by atoms with Gasteiger partial charge in [-0.15, -0.1) is 11.3 Å². The zero-order chi connectivity index (χ0) is 44.3. The summed E-state index contributed by atoms with van der Waals surface area (Å²) in [6, 6.07) is 16.2. The molecule has 0 aliphatic carbocycles. The van der Waals surface area contributed by atoms with E-state index in [1.165, 1.54) is 18.2 Å². The smallest absolute Gasteiger partial charge is 0.374 e. The molecule has 328 valence electrons. The molecule has 0 bridgehead atoms. The molecule has 17 heteroatoms. The van der Waals surface area contributed by atoms with Gasteiger partial charge in [-0.3, -0.25) is 37.6 Å². The number of benzene rings is 2. The number of rotatable bonds is 12. The van der Waals surface area contributed by atoms with Gasteiger partial charge in [0, 0.05) is 29.7 Å². The molecule has 3 aliphatic rings. The highest BCUT2D eigenvalue weighted by molar-refractivity contribution is 7.54. The van der Waals surface area contributed by atoms with E-state index >= 15 is 4.39 Å². The molecular formula is C44H54FN4O10PS. The third-order valence-corrected chi connectivity index (χ3v) is 14.2. The molecule has 0 spiro atoms. The van der Waals surface area contributed by atoms with Crippen LogP contribution in [0.3, 0.4) is 0 Å². The van der Waals surface area contributed by atoms with Crippen molar-refractivity contribution in [3.8, 4) is 6.07 Å². The van der Waals surface area contributed by atoms with Crippen LogP contribution in [0.2, 0.25) is 0 Å². The summed E-state index contributed by atoms with van der Waals surface area (Å²) in [7, 11) is -4.81. The van der Waals surface area contributed by atoms with Gasteiger partial charge >= 0.3 is 19.5 Å². The molecule has 3 saturated heterocycles. The van der Waals surface area contributed by atoms with E-state index in [1.807, 2.05) is 30.3 Å². The standard InChI is InChI=1S/C44H54FN4O10PS/c1-43(2,3)41(53)56-25-58-60(55,59-26-57-42(54)44(4,5)6)37(45)28-16-19-35-29(20-28)21-36(61-35)38(50)47-33-15-11-10-14-31-17-18-34(49(31)39(33)51)40(52)48-23-30(22-46)32(24-48)27-12-8-7-9-13-27/h7-9,12-13,16,19-21,30-34,37H,10-11,14-15,17-18,23-26H2,1-6H3,(H,47,50)/t30-,31-,32+,33-,34-,37-/m0/s1. The molecular weight excluding hydrogens is 827 g/mol. The van der Waals surface area contributed by atoms with Crippen molar-refractivity contribution in [1.82, 2.24) is 15.1 Å². The van der Waals surface area contributed by atoms with E-state index in [2.05, 4.69) is 11.4 Å². The minimum Gasteiger partial charge on any atom is -0.438 e. The molecule has 0 saturated carbocycles. The molecule has 3 fully saturated rings. The van der Waals surface area contributed by atoms with Crippen LogP contribution in [0.5, 0.6) is 0 Å². The molecule has 14 nitrogen and oxygen atoms in total. The van der Waals surface area contributed by atoms with Crippen LogP contribution in [0.15, 0.2) is 54.6 Å². The summed E-state index contributed by atoms with van der Waals surface area (Å²) < 4.78 is 51.4. The molecule has 3 amide bonds. The number of nitriles is 1. The summed E-state index contributed by atoms with van der Waals surface area (Å²) in [6.45, 7) is 8.47. The Labute approximate surface area is 359 Å². The van der Waals surface area contributed by atoms with Crippen molar-refractivity contribution in [1.29, 1.82) is 5.26 Å². The number of alkyl halides is 1. The summed E-state index contributed by atoms with van der Waals surface area (Å²) in [5, 5.41) is 13.3. The normalized spacial score (nSPS) is 22.8. The van der Waals surface area contributed by atoms with Crippen molar-refractivity contribution in [3.05, 3.63) is 70.6 Å². The van der Waals surface area contributed by atoms with E-state index in [-0.39, 0.29) is 46.7 Å². The van der Waals surface area contributed by atoms with Gasteiger partial charge in [0.25, 0.3) is 5.91 Å². The van der Waals surface area contributed by atoms with E-state index in [0.717, 1.165) is 29.7 Å². The van der Waals surface area contributed by atoms with Crippen molar-refractivity contribution < 1.29 is 51.4 Å². The van der Waals surface area contributed by atoms with Crippen molar-refractivity contribution in [2.45, 2.75) is 110 Å². The number of esters is 2. The topological polar surface area (TPSA) is 182 Å². The van der Waals surface area contributed by atoms with Crippen LogP contribution in [0.1, 0.15) is 113 Å². The summed E-state index contributed by atoms with van der Waals surface area (Å²) in [5.41, 5.74) is -0.990. The van der Waals surface area contributed by atoms with E-state index < -0.39 is 67.9 Å². The Balaban J connectivity index is 1.16. The molecule has 1 aromatic heterocycles. The molecule has 6 rings (SSSR count). The van der Waals surface area contributed by atoms with Crippen LogP contribution in [0.25, 0.3) is 10.1 Å². The molecule has 61 heavy (non-hydrogen) atoms. The number of nitrogens with one attached hydrogen (secondary N) is 1. The first-order valence-corrected chi connectivity index (χ1v) is 23.0. The second-order valence-corrected chi connectivity index (χ2v) is 21.1. The summed E-state index contributed by atoms with van der Waals surface area (Å²) >= 11 is 1.12. The number of nitrogens with zero attached hydrogens (tertiary/aromatic N) is 3. The Hall–Kier alpha value is -4.68. The number of likely N-dealkylation sites (tertiary alicyclic amines) is 1. The Morgan fingerprint density at radius 2 is 1.54 bits per heavy atom. The van der Waals surface area contributed by atoms with Gasteiger partial charge in [0.15, 0.2) is 0 Å². The average molecular weight is 881 g/mol. The zero-order valence-electron chi connectivity index (χ0n) is 35.4. The van der Waals surface area contributed by atoms with Crippen molar-refractivity contribution in [2.24, 2.45) is 16.7 Å². The van der Waals surface area contributed by atoms with Crippen LogP contribution in [-0.4, -0.2) is 84.3 Å². The molecule has 0 unspecified atom stereocenters. The molecule has 2 aromatic carbocycles. The Morgan fingerprint density at radius 1 is 0.902 bits per heavy atom. The summed E-state index contributed by atoms with van der Waals surface area (Å²) in [5.74, 6) is -5.30. The number of amides is 3. The zero-order valence-corrected chi connectivity index (χ0v) is 37.1. The lowest BCUT2D eigenvalue weighted by Crippen LogP contribution is -2.56. The quantitative estimate of drug-likeness (QED) is 0.106. The highest BCUT2D eigenvalue weighted by Crippen LogP contribution is 2.62. The lowest BCUT2D eigenvalue weighted by molar-refractivity contribution is -0.162. The van der Waals surface area contributed by atoms with E-state index in [1.54, 1.807) is 57.4 Å². The Bertz CT molecular complexity index is 2180. The second-order valence-electron chi connectivity index (χ2n) is 17.9. The lowest BCUT2D eigenvalue weighted by Gasteiger charge is -2.36. The highest BCUT2D eigenvalue weighted by Gasteiger charge is 2.47. The van der Waals surface area contributed by atoms with Gasteiger partial charge in [-0.25, -0.2) is 4.39 Å². The summed E-state index contributed by atoms with van der Waals surface area (Å²) in [6.07, 6.45) is 3.84. The molecule has 3 aromatic rings. The molecule has 1 N–H and O–H groups in total. The van der Waals surface area contributed by atoms with Crippen molar-refractivity contribution in [3.63, 3.8) is 0 Å². The van der Waals surface area contributed by atoms with Gasteiger partial charge in [-0.1, -0.05) is 49.2 Å². The predicted octanol–water partition coefficient (Wildman–Crippen LogP) is 7.99. The first kappa shape index (κ1) is 45.8. The van der Waals surface area contributed by atoms with Gasteiger partial charge in [-0.2, -0.15) is 5.26 Å². The van der Waals surface area contributed by atoms with Gasteiger partial charge in [0.05, 0.1) is 27.7 Å². The molecule has 0 radical (unpaired) electrons. The Morgan fingerprint density at radius 3 is 2.16 bits per heavy atom. The monoisotopic (exact) mass is 880 g/mol. The van der Waals surface area contributed by atoms with Gasteiger partial charge in [0.1, 0.15) is 12.1 Å². The molecule has 6 atom stereocenters. The van der Waals surface area contributed by atoms with E-state index in [0.29, 0.717) is 42.3 Å². The number of carbonyl (C=O) groups excluding carboxylic acids is 5. The van der Waals surface area contributed by atoms with Crippen LogP contribution in [0, 0.1) is 28.1 Å². The number of fused-ring (bicyclic) bond motifs is 2. The maximum absolute atomic E-state index is 16.3. The number of thiophene rings is 1. The lowest BCUT2D eigenvalue weighted by atomic mass is 9.90. The van der Waals surface area contributed by atoms with Gasteiger partial charge in [-0.05, 0) is 102 Å². The number of carbonyl (C=O) groups is 5. The van der Waals surface area contributed by atoms with Crippen LogP contribution >= 0.6 is 18.9 Å². The SMILES string of the molecule is CC(C)(C)C(=O)OCOP(=O)(OCOC(=O)C(C)(C)C)[C@H](F)c1ccc2sc(C(=O)N[C@H]3CCCC[C@H]4CC[C@@H](C(=O)N5C[C@H](c6ccccc6)[C@@H](C#N)C5)N4C3=O)cc2c1. The third kappa shape index (κ3) is 10.5. The fourth-order valence-corrected chi connectivity index (χ4v) is 10.1. The predicted molar refractivity (Wildman–Crippen MR) is 225 cm³/mol. The number of hydrogen-bond donors (Lipinski definition) is 1. The van der Waals surface area contributed by atoms with E-state index in [4.69, 9.17) is 18.5 Å². The molecule has 4 heterocycles. The van der Waals surface area contributed by atoms with Gasteiger partial charge < -0.3 is 24.6 Å². The van der Waals surface area contributed by atoms with Gasteiger partial charge in [0.2, 0.25) is 31.3 Å². The highest BCUT2D eigenvalue weighted by atomic mass is 32.1. The van der Waals surface area contributed by atoms with Crippen LogP contribution in [-0.2, 0) is 42.3 Å². The fraction of sp³-hybridized carbons (Fsp3) is 0.545. The number of ether oxygens (including phenoxy) is 2. The second kappa shape index (κ2) is 18.7. The third-order valence-electron chi connectivity index (χ3n) is 11.3. The van der Waals surface area contributed by atoms with Crippen molar-refractivity contribution in [2.75, 3.05) is 26.7 Å². The maximum atomic E-state index is 16.3. The Kier molecular flexibility index (Phi) is 14.1. The van der Waals surface area contributed by atoms with Crippen LogP contribution in [0.4, 0.5) is 4.39 Å². The van der Waals surface area contributed by atoms with Crippen molar-refractivity contribution >= 4 is 58.7 Å².